The van der Waals surface area contributed by atoms with Crippen LogP contribution in [-0.2, 0) is 19.3 Å². The second kappa shape index (κ2) is 9.47. The quantitative estimate of drug-likeness (QED) is 0.345. The number of allylic oxidation sites excluding steroid dienone is 6. The van der Waals surface area contributed by atoms with E-state index in [0.717, 1.165) is 16.7 Å². The Morgan fingerprint density at radius 3 is 2.25 bits per heavy atom. The summed E-state index contributed by atoms with van der Waals surface area (Å²) >= 11 is 7.33. The second-order valence-electron chi connectivity index (χ2n) is 7.59. The Morgan fingerprint density at radius 2 is 1.56 bits per heavy atom. The van der Waals surface area contributed by atoms with E-state index in [1.807, 2.05) is 66.8 Å². The molecule has 0 radical (unpaired) electrons. The first-order valence-electron chi connectivity index (χ1n) is 10.4. The maximum Gasteiger partial charge on any atom is 0.254 e. The van der Waals surface area contributed by atoms with E-state index in [1.165, 1.54) is 0 Å². The van der Waals surface area contributed by atoms with Gasteiger partial charge < -0.3 is 0 Å². The third kappa shape index (κ3) is 4.35. The van der Waals surface area contributed by atoms with Gasteiger partial charge in [-0.1, -0.05) is 85.0 Å². The summed E-state index contributed by atoms with van der Waals surface area (Å²) in [6.45, 7) is -0.387. The zero-order valence-corrected chi connectivity index (χ0v) is 18.1. The van der Waals surface area contributed by atoms with E-state index in [9.17, 15) is 14.4 Å². The van der Waals surface area contributed by atoms with Crippen molar-refractivity contribution in [3.05, 3.63) is 107 Å². The molecule has 1 atom stereocenters. The van der Waals surface area contributed by atoms with Gasteiger partial charge in [0.1, 0.15) is 11.5 Å². The number of amides is 2. The van der Waals surface area contributed by atoms with Gasteiger partial charge in [-0.25, -0.2) is 0 Å². The molecule has 1 aliphatic carbocycles. The van der Waals surface area contributed by atoms with Crippen LogP contribution >= 0.6 is 11.6 Å². The van der Waals surface area contributed by atoms with Crippen LogP contribution in [0.4, 0.5) is 0 Å². The molecule has 4 rings (SSSR count). The molecular formula is C26H22ClNO4. The number of imide groups is 1. The number of hydrogen-bond acceptors (Lipinski definition) is 4. The van der Waals surface area contributed by atoms with Crippen LogP contribution in [0.3, 0.4) is 0 Å². The minimum absolute atomic E-state index is 0.110. The average Bonchev–Trinajstić information content (AvgIpc) is 3.01. The summed E-state index contributed by atoms with van der Waals surface area (Å²) in [6.07, 6.45) is 10.9. The number of carbonyl (C=O) groups excluding carboxylic acids is 3. The molecule has 0 N–H and O–H groups in total. The van der Waals surface area contributed by atoms with Gasteiger partial charge in [0.15, 0.2) is 5.78 Å². The molecule has 1 aliphatic heterocycles. The normalized spacial score (nSPS) is 17.8. The summed E-state index contributed by atoms with van der Waals surface area (Å²) in [7, 11) is 0. The van der Waals surface area contributed by atoms with Crippen LogP contribution in [-0.4, -0.2) is 29.3 Å². The van der Waals surface area contributed by atoms with Gasteiger partial charge in [0.05, 0.1) is 0 Å². The van der Waals surface area contributed by atoms with Gasteiger partial charge in [-0.3, -0.25) is 19.2 Å². The lowest BCUT2D eigenvalue weighted by Gasteiger charge is -2.31. The zero-order chi connectivity index (χ0) is 22.6. The highest BCUT2D eigenvalue weighted by Crippen LogP contribution is 2.45. The van der Waals surface area contributed by atoms with Crippen molar-refractivity contribution < 1.29 is 19.2 Å². The molecule has 0 saturated carbocycles. The Labute approximate surface area is 191 Å². The number of benzene rings is 2. The molecule has 6 heteroatoms. The molecule has 0 bridgehead atoms. The number of nitrogens with zero attached hydrogens (tertiary/aromatic N) is 1. The van der Waals surface area contributed by atoms with E-state index >= 15 is 0 Å². The maximum absolute atomic E-state index is 12.6. The predicted molar refractivity (Wildman–Crippen MR) is 122 cm³/mol. The van der Waals surface area contributed by atoms with Crippen LogP contribution in [0.1, 0.15) is 40.7 Å². The number of Topliss-reactive ketones (excluding diaryl/α,β-unsaturated/α-hetero) is 1. The molecule has 2 aliphatic rings. The number of hydrogen-bond donors (Lipinski definition) is 0. The van der Waals surface area contributed by atoms with Crippen LogP contribution in [0.2, 0.25) is 0 Å². The maximum atomic E-state index is 12.6. The third-order valence-electron chi connectivity index (χ3n) is 5.54. The molecule has 162 valence electrons. The molecule has 2 aromatic carbocycles. The van der Waals surface area contributed by atoms with E-state index in [1.54, 1.807) is 12.1 Å². The lowest BCUT2D eigenvalue weighted by atomic mass is 9.82. The molecule has 1 saturated heterocycles. The number of hydroxylamine groups is 2. The monoisotopic (exact) mass is 447 g/mol. The largest absolute Gasteiger partial charge is 0.291 e. The fourth-order valence-electron chi connectivity index (χ4n) is 3.83. The van der Waals surface area contributed by atoms with E-state index in [-0.39, 0.29) is 25.2 Å². The van der Waals surface area contributed by atoms with Gasteiger partial charge in [-0.05, 0) is 23.1 Å². The Kier molecular flexibility index (Phi) is 6.49. The molecular weight excluding hydrogens is 426 g/mol. The standard InChI is InChI=1S/C26H22ClNO4/c27-26(21-10-6-3-7-11-21,20-8-4-1-2-5-9-20)22-14-12-19(13-15-22)23(29)18-32-28-24(30)16-17-25(28)31/h1-8,10-15H,9,16-18H2. The lowest BCUT2D eigenvalue weighted by Crippen LogP contribution is -2.31. The van der Waals surface area contributed by atoms with E-state index in [4.69, 9.17) is 16.4 Å². The van der Waals surface area contributed by atoms with Gasteiger partial charge in [-0.2, -0.15) is 5.06 Å². The van der Waals surface area contributed by atoms with Crippen LogP contribution < -0.4 is 0 Å². The number of ketones is 1. The number of rotatable bonds is 7. The van der Waals surface area contributed by atoms with Crippen LogP contribution in [0.15, 0.2) is 90.6 Å². The fraction of sp³-hybridized carbons (Fsp3) is 0.192. The van der Waals surface area contributed by atoms with Crippen molar-refractivity contribution in [3.8, 4) is 0 Å². The van der Waals surface area contributed by atoms with Gasteiger partial charge in [0.2, 0.25) is 0 Å². The predicted octanol–water partition coefficient (Wildman–Crippen LogP) is 4.87. The van der Waals surface area contributed by atoms with Crippen LogP contribution in [0.25, 0.3) is 0 Å². The third-order valence-corrected chi connectivity index (χ3v) is 6.22. The SMILES string of the molecule is O=C(CON1C(=O)CCC1=O)c1ccc(C(Cl)(C2=CC=CC=CC2)c2ccccc2)cc1. The van der Waals surface area contributed by atoms with Crippen LogP contribution in [0.5, 0.6) is 0 Å². The molecule has 5 nitrogen and oxygen atoms in total. The van der Waals surface area contributed by atoms with Crippen molar-refractivity contribution in [1.82, 2.24) is 5.06 Å². The van der Waals surface area contributed by atoms with Crippen molar-refractivity contribution in [3.63, 3.8) is 0 Å². The van der Waals surface area contributed by atoms with E-state index in [2.05, 4.69) is 6.08 Å². The lowest BCUT2D eigenvalue weighted by molar-refractivity contribution is -0.183. The first-order valence-corrected chi connectivity index (χ1v) is 10.8. The van der Waals surface area contributed by atoms with Crippen molar-refractivity contribution in [2.75, 3.05) is 6.61 Å². The summed E-state index contributed by atoms with van der Waals surface area (Å²) in [5, 5.41) is 0.686. The van der Waals surface area contributed by atoms with Crippen molar-refractivity contribution in [2.45, 2.75) is 24.1 Å². The molecule has 2 amide bonds. The number of alkyl halides is 1. The molecule has 1 heterocycles. The highest BCUT2D eigenvalue weighted by Gasteiger charge is 2.35. The minimum Gasteiger partial charge on any atom is -0.291 e. The first kappa shape index (κ1) is 21.9. The fourth-order valence-corrected chi connectivity index (χ4v) is 4.22. The molecule has 1 fully saturated rings. The summed E-state index contributed by atoms with van der Waals surface area (Å²) in [5.74, 6) is -1.18. The highest BCUT2D eigenvalue weighted by atomic mass is 35.5. The minimum atomic E-state index is -0.896. The molecule has 1 unspecified atom stereocenters. The molecule has 32 heavy (non-hydrogen) atoms. The average molecular weight is 448 g/mol. The topological polar surface area (TPSA) is 63.7 Å². The highest BCUT2D eigenvalue weighted by molar-refractivity contribution is 6.28. The number of halogens is 1. The Bertz CT molecular complexity index is 1100. The van der Waals surface area contributed by atoms with Crippen LogP contribution in [0, 0.1) is 0 Å². The molecule has 2 aromatic rings. The van der Waals surface area contributed by atoms with Gasteiger partial charge in [-0.15, -0.1) is 11.6 Å². The van der Waals surface area contributed by atoms with E-state index in [0.29, 0.717) is 17.0 Å². The van der Waals surface area contributed by atoms with E-state index < -0.39 is 16.7 Å². The summed E-state index contributed by atoms with van der Waals surface area (Å²) in [4.78, 5) is 40.1. The van der Waals surface area contributed by atoms with Crippen molar-refractivity contribution in [1.29, 1.82) is 0 Å². The van der Waals surface area contributed by atoms with Gasteiger partial charge in [0, 0.05) is 18.4 Å². The summed E-state index contributed by atoms with van der Waals surface area (Å²) in [5.41, 5.74) is 3.20. The molecule has 0 spiro atoms. The first-order chi connectivity index (χ1) is 15.5. The Morgan fingerprint density at radius 1 is 0.906 bits per heavy atom. The van der Waals surface area contributed by atoms with Gasteiger partial charge >= 0.3 is 0 Å². The Balaban J connectivity index is 1.58. The van der Waals surface area contributed by atoms with Crippen molar-refractivity contribution >= 4 is 29.2 Å². The van der Waals surface area contributed by atoms with Gasteiger partial charge in [0.25, 0.3) is 11.8 Å². The Hall–Kier alpha value is -3.28. The van der Waals surface area contributed by atoms with Crippen molar-refractivity contribution in [2.24, 2.45) is 0 Å². The zero-order valence-electron chi connectivity index (χ0n) is 17.4. The number of carbonyl (C=O) groups is 3. The second-order valence-corrected chi connectivity index (χ2v) is 8.16. The summed E-state index contributed by atoms with van der Waals surface area (Å²) in [6, 6.07) is 16.9. The smallest absolute Gasteiger partial charge is 0.254 e. The summed E-state index contributed by atoms with van der Waals surface area (Å²) < 4.78 is 0. The molecule has 0 aromatic heterocycles.